The number of hydrogen-bond donors (Lipinski definition) is 2. The normalized spacial score (nSPS) is 16.9. The van der Waals surface area contributed by atoms with Gasteiger partial charge in [0.1, 0.15) is 0 Å². The molecule has 1 aliphatic rings. The zero-order valence-corrected chi connectivity index (χ0v) is 14.1. The van der Waals surface area contributed by atoms with Gasteiger partial charge >= 0.3 is 6.03 Å². The summed E-state index contributed by atoms with van der Waals surface area (Å²) in [4.78, 5) is 25.6. The number of benzene rings is 1. The highest BCUT2D eigenvalue weighted by Crippen LogP contribution is 2.33. The van der Waals surface area contributed by atoms with Gasteiger partial charge in [-0.25, -0.2) is 4.79 Å². The molecule has 132 valence electrons. The van der Waals surface area contributed by atoms with E-state index in [2.05, 4.69) is 10.6 Å². The largest absolute Gasteiger partial charge is 0.493 e. The molecule has 1 saturated heterocycles. The van der Waals surface area contributed by atoms with Gasteiger partial charge in [0, 0.05) is 38.4 Å². The first-order chi connectivity index (χ1) is 11.6. The van der Waals surface area contributed by atoms with E-state index in [0.29, 0.717) is 36.9 Å². The molecule has 0 aliphatic carbocycles. The summed E-state index contributed by atoms with van der Waals surface area (Å²) in [7, 11) is 4.67. The predicted octanol–water partition coefficient (Wildman–Crippen LogP) is 0.755. The Morgan fingerprint density at radius 1 is 1.25 bits per heavy atom. The summed E-state index contributed by atoms with van der Waals surface area (Å²) in [6.07, 6.45) is 0.256. The Morgan fingerprint density at radius 2 is 2.00 bits per heavy atom. The quantitative estimate of drug-likeness (QED) is 0.717. The molecule has 1 heterocycles. The number of rotatable bonds is 7. The first kappa shape index (κ1) is 17.9. The fraction of sp³-hybridized carbons (Fsp3) is 0.500. The molecule has 1 aromatic rings. The summed E-state index contributed by atoms with van der Waals surface area (Å²) in [6, 6.07) is 4.74. The molecule has 0 saturated carbocycles. The molecule has 1 atom stereocenters. The Morgan fingerprint density at radius 3 is 2.67 bits per heavy atom. The number of ether oxygens (including phenoxy) is 3. The molecule has 0 spiro atoms. The van der Waals surface area contributed by atoms with Gasteiger partial charge in [0.05, 0.1) is 26.9 Å². The molecular weight excluding hydrogens is 314 g/mol. The van der Waals surface area contributed by atoms with Crippen LogP contribution in [0.2, 0.25) is 0 Å². The van der Waals surface area contributed by atoms with E-state index in [0.717, 1.165) is 0 Å². The summed E-state index contributed by atoms with van der Waals surface area (Å²) in [5, 5.41) is 5.47. The van der Waals surface area contributed by atoms with Crippen molar-refractivity contribution < 1.29 is 23.8 Å². The van der Waals surface area contributed by atoms with Crippen molar-refractivity contribution in [3.05, 3.63) is 18.2 Å². The molecule has 8 heteroatoms. The fourth-order valence-electron chi connectivity index (χ4n) is 2.55. The molecule has 0 radical (unpaired) electrons. The lowest BCUT2D eigenvalue weighted by Crippen LogP contribution is -2.44. The third-order valence-corrected chi connectivity index (χ3v) is 3.73. The first-order valence-electron chi connectivity index (χ1n) is 7.64. The van der Waals surface area contributed by atoms with Crippen LogP contribution in [0.1, 0.15) is 6.42 Å². The number of urea groups is 1. The predicted molar refractivity (Wildman–Crippen MR) is 88.7 cm³/mol. The molecule has 0 aromatic heterocycles. The van der Waals surface area contributed by atoms with Gasteiger partial charge in [-0.15, -0.1) is 0 Å². The number of methoxy groups -OCH3 is 3. The number of carbonyl (C=O) groups is 2. The van der Waals surface area contributed by atoms with Crippen LogP contribution in [0, 0.1) is 0 Å². The van der Waals surface area contributed by atoms with Gasteiger partial charge in [0.2, 0.25) is 5.91 Å². The summed E-state index contributed by atoms with van der Waals surface area (Å²) < 4.78 is 15.3. The summed E-state index contributed by atoms with van der Waals surface area (Å²) >= 11 is 0. The molecule has 1 aromatic carbocycles. The van der Waals surface area contributed by atoms with Crippen molar-refractivity contribution in [1.29, 1.82) is 0 Å². The SMILES string of the molecule is COCCNC(=O)NC1CC(=O)N(c2ccc(OC)c(OC)c2)C1. The number of hydrogen-bond acceptors (Lipinski definition) is 5. The van der Waals surface area contributed by atoms with Crippen LogP contribution < -0.4 is 25.0 Å². The lowest BCUT2D eigenvalue weighted by Gasteiger charge is -2.19. The number of amides is 3. The van der Waals surface area contributed by atoms with Gasteiger partial charge in [-0.1, -0.05) is 0 Å². The van der Waals surface area contributed by atoms with E-state index in [1.54, 1.807) is 44.4 Å². The maximum atomic E-state index is 12.2. The van der Waals surface area contributed by atoms with Crippen LogP contribution >= 0.6 is 0 Å². The minimum Gasteiger partial charge on any atom is -0.493 e. The average Bonchev–Trinajstić information content (AvgIpc) is 2.94. The average molecular weight is 337 g/mol. The molecule has 1 aliphatic heterocycles. The lowest BCUT2D eigenvalue weighted by molar-refractivity contribution is -0.117. The van der Waals surface area contributed by atoms with Crippen LogP contribution in [-0.2, 0) is 9.53 Å². The number of carbonyl (C=O) groups excluding carboxylic acids is 2. The van der Waals surface area contributed by atoms with Gasteiger partial charge < -0.3 is 29.7 Å². The maximum Gasteiger partial charge on any atom is 0.315 e. The van der Waals surface area contributed by atoms with E-state index in [1.165, 1.54) is 0 Å². The second-order valence-corrected chi connectivity index (χ2v) is 5.34. The Hall–Kier alpha value is -2.48. The van der Waals surface area contributed by atoms with Crippen LogP contribution in [-0.4, -0.2) is 59.0 Å². The van der Waals surface area contributed by atoms with Gasteiger partial charge in [-0.2, -0.15) is 0 Å². The molecule has 0 bridgehead atoms. The monoisotopic (exact) mass is 337 g/mol. The van der Waals surface area contributed by atoms with E-state index in [1.807, 2.05) is 0 Å². The summed E-state index contributed by atoms with van der Waals surface area (Å²) in [6.45, 7) is 1.27. The molecule has 2 N–H and O–H groups in total. The van der Waals surface area contributed by atoms with Gasteiger partial charge in [-0.3, -0.25) is 4.79 Å². The van der Waals surface area contributed by atoms with Crippen molar-refractivity contribution in [2.75, 3.05) is 45.9 Å². The number of nitrogens with zero attached hydrogens (tertiary/aromatic N) is 1. The second kappa shape index (κ2) is 8.39. The van der Waals surface area contributed by atoms with E-state index >= 15 is 0 Å². The van der Waals surface area contributed by atoms with Crippen molar-refractivity contribution in [2.45, 2.75) is 12.5 Å². The molecule has 8 nitrogen and oxygen atoms in total. The molecular formula is C16H23N3O5. The molecule has 3 amide bonds. The Labute approximate surface area is 141 Å². The van der Waals surface area contributed by atoms with Gasteiger partial charge in [0.25, 0.3) is 0 Å². The zero-order chi connectivity index (χ0) is 17.5. The van der Waals surface area contributed by atoms with Crippen molar-refractivity contribution >= 4 is 17.6 Å². The third kappa shape index (κ3) is 4.29. The Bertz CT molecular complexity index is 593. The fourth-order valence-corrected chi connectivity index (χ4v) is 2.55. The molecule has 1 unspecified atom stereocenters. The van der Waals surface area contributed by atoms with Gasteiger partial charge in [-0.05, 0) is 12.1 Å². The van der Waals surface area contributed by atoms with E-state index < -0.39 is 0 Å². The second-order valence-electron chi connectivity index (χ2n) is 5.34. The topological polar surface area (TPSA) is 89.1 Å². The van der Waals surface area contributed by atoms with E-state index in [4.69, 9.17) is 14.2 Å². The molecule has 1 fully saturated rings. The number of anilines is 1. The minimum atomic E-state index is -0.306. The van der Waals surface area contributed by atoms with Crippen molar-refractivity contribution in [3.8, 4) is 11.5 Å². The lowest BCUT2D eigenvalue weighted by atomic mass is 10.2. The first-order valence-corrected chi connectivity index (χ1v) is 7.64. The molecule has 24 heavy (non-hydrogen) atoms. The summed E-state index contributed by atoms with van der Waals surface area (Å²) in [5.74, 6) is 1.10. The van der Waals surface area contributed by atoms with Crippen molar-refractivity contribution in [3.63, 3.8) is 0 Å². The van der Waals surface area contributed by atoms with Crippen molar-refractivity contribution in [1.82, 2.24) is 10.6 Å². The highest BCUT2D eigenvalue weighted by atomic mass is 16.5. The van der Waals surface area contributed by atoms with Crippen LogP contribution in [0.3, 0.4) is 0 Å². The highest BCUT2D eigenvalue weighted by molar-refractivity contribution is 5.97. The standard InChI is InChI=1S/C16H23N3O5/c1-22-7-6-17-16(21)18-11-8-15(20)19(10-11)12-4-5-13(23-2)14(9-12)24-3/h4-5,9,11H,6-8,10H2,1-3H3,(H2,17,18,21). The van der Waals surface area contributed by atoms with Gasteiger partial charge in [0.15, 0.2) is 11.5 Å². The minimum absolute atomic E-state index is 0.0515. The Kier molecular flexibility index (Phi) is 6.25. The Balaban J connectivity index is 1.98. The zero-order valence-electron chi connectivity index (χ0n) is 14.1. The van der Waals surface area contributed by atoms with Crippen molar-refractivity contribution in [2.24, 2.45) is 0 Å². The number of nitrogens with one attached hydrogen (secondary N) is 2. The van der Waals surface area contributed by atoms with Crippen LogP contribution in [0.15, 0.2) is 18.2 Å². The highest BCUT2D eigenvalue weighted by Gasteiger charge is 2.32. The molecule has 2 rings (SSSR count). The van der Waals surface area contributed by atoms with E-state index in [9.17, 15) is 9.59 Å². The summed E-state index contributed by atoms with van der Waals surface area (Å²) in [5.41, 5.74) is 0.710. The van der Waals surface area contributed by atoms with E-state index in [-0.39, 0.29) is 24.4 Å². The van der Waals surface area contributed by atoms with Crippen LogP contribution in [0.25, 0.3) is 0 Å². The van der Waals surface area contributed by atoms with Crippen LogP contribution in [0.5, 0.6) is 11.5 Å². The van der Waals surface area contributed by atoms with Crippen LogP contribution in [0.4, 0.5) is 10.5 Å². The smallest absolute Gasteiger partial charge is 0.315 e. The third-order valence-electron chi connectivity index (χ3n) is 3.73. The maximum absolute atomic E-state index is 12.2.